The SMILES string of the molecule is CCCCCC/C=C/C=C/C=C/C=C/CCC(=O)OC. The number of esters is 1. The quantitative estimate of drug-likeness (QED) is 0.297. The van der Waals surface area contributed by atoms with Crippen molar-refractivity contribution in [3.63, 3.8) is 0 Å². The van der Waals surface area contributed by atoms with E-state index in [0.29, 0.717) is 6.42 Å². The summed E-state index contributed by atoms with van der Waals surface area (Å²) in [7, 11) is 1.41. The minimum atomic E-state index is -0.164. The van der Waals surface area contributed by atoms with Crippen molar-refractivity contribution in [2.75, 3.05) is 7.11 Å². The zero-order valence-corrected chi connectivity index (χ0v) is 12.9. The van der Waals surface area contributed by atoms with E-state index in [1.165, 1.54) is 39.2 Å². The van der Waals surface area contributed by atoms with Crippen molar-refractivity contribution in [1.82, 2.24) is 0 Å². The van der Waals surface area contributed by atoms with E-state index in [4.69, 9.17) is 0 Å². The third kappa shape index (κ3) is 14.5. The highest BCUT2D eigenvalue weighted by atomic mass is 16.5. The Labute approximate surface area is 123 Å². The molecule has 20 heavy (non-hydrogen) atoms. The van der Waals surface area contributed by atoms with E-state index in [0.717, 1.165) is 6.42 Å². The standard InChI is InChI=1S/C18H28O2/c1-3-4-5-6-7-8-9-10-11-12-13-14-15-16-17-18(19)20-2/h8-15H,3-7,16-17H2,1-2H3/b9-8+,11-10+,13-12+,15-14+. The van der Waals surface area contributed by atoms with Crippen molar-refractivity contribution in [3.05, 3.63) is 48.6 Å². The number of unbranched alkanes of at least 4 members (excludes halogenated alkanes) is 4. The van der Waals surface area contributed by atoms with Gasteiger partial charge in [0.2, 0.25) is 0 Å². The summed E-state index contributed by atoms with van der Waals surface area (Å²) in [5.41, 5.74) is 0. The summed E-state index contributed by atoms with van der Waals surface area (Å²) in [4.78, 5) is 10.8. The molecule has 0 rings (SSSR count). The molecule has 0 aliphatic heterocycles. The molecule has 0 aliphatic rings. The van der Waals surface area contributed by atoms with Gasteiger partial charge >= 0.3 is 5.97 Å². The normalized spacial score (nSPS) is 12.3. The van der Waals surface area contributed by atoms with Crippen molar-refractivity contribution in [1.29, 1.82) is 0 Å². The molecule has 0 aliphatic carbocycles. The topological polar surface area (TPSA) is 26.3 Å². The fourth-order valence-corrected chi connectivity index (χ4v) is 1.60. The predicted molar refractivity (Wildman–Crippen MR) is 86.6 cm³/mol. The van der Waals surface area contributed by atoms with Crippen LogP contribution in [0, 0.1) is 0 Å². The molecule has 0 fully saturated rings. The average molecular weight is 276 g/mol. The third-order valence-electron chi connectivity index (χ3n) is 2.79. The second-order valence-electron chi connectivity index (χ2n) is 4.59. The molecule has 0 amide bonds. The van der Waals surface area contributed by atoms with Gasteiger partial charge in [-0.3, -0.25) is 4.79 Å². The van der Waals surface area contributed by atoms with E-state index in [9.17, 15) is 4.79 Å². The van der Waals surface area contributed by atoms with Crippen LogP contribution in [0.15, 0.2) is 48.6 Å². The Kier molecular flexibility index (Phi) is 14.3. The van der Waals surface area contributed by atoms with Gasteiger partial charge in [-0.05, 0) is 19.3 Å². The second-order valence-corrected chi connectivity index (χ2v) is 4.59. The number of allylic oxidation sites excluding steroid dienone is 8. The lowest BCUT2D eigenvalue weighted by atomic mass is 10.1. The molecule has 0 saturated carbocycles. The molecule has 0 aromatic carbocycles. The summed E-state index contributed by atoms with van der Waals surface area (Å²) in [5, 5.41) is 0. The Hall–Kier alpha value is -1.57. The van der Waals surface area contributed by atoms with Crippen molar-refractivity contribution >= 4 is 5.97 Å². The Balaban J connectivity index is 3.53. The zero-order valence-electron chi connectivity index (χ0n) is 12.9. The molecular formula is C18H28O2. The average Bonchev–Trinajstić information content (AvgIpc) is 2.47. The summed E-state index contributed by atoms with van der Waals surface area (Å²) >= 11 is 0. The lowest BCUT2D eigenvalue weighted by Crippen LogP contribution is -1.97. The second kappa shape index (κ2) is 15.5. The van der Waals surface area contributed by atoms with Gasteiger partial charge in [-0.15, -0.1) is 0 Å². The van der Waals surface area contributed by atoms with Crippen LogP contribution in [0.5, 0.6) is 0 Å². The van der Waals surface area contributed by atoms with Crippen LogP contribution in [0.4, 0.5) is 0 Å². The van der Waals surface area contributed by atoms with Gasteiger partial charge < -0.3 is 4.74 Å². The molecule has 0 atom stereocenters. The van der Waals surface area contributed by atoms with Crippen molar-refractivity contribution in [2.45, 2.75) is 51.9 Å². The van der Waals surface area contributed by atoms with Gasteiger partial charge in [0.15, 0.2) is 0 Å². The highest BCUT2D eigenvalue weighted by Gasteiger charge is 1.94. The highest BCUT2D eigenvalue weighted by Crippen LogP contribution is 2.02. The number of ether oxygens (including phenoxy) is 1. The Morgan fingerprint density at radius 2 is 1.45 bits per heavy atom. The van der Waals surface area contributed by atoms with E-state index >= 15 is 0 Å². The lowest BCUT2D eigenvalue weighted by molar-refractivity contribution is -0.140. The van der Waals surface area contributed by atoms with Gasteiger partial charge in [0.05, 0.1) is 7.11 Å². The van der Waals surface area contributed by atoms with E-state index < -0.39 is 0 Å². The largest absolute Gasteiger partial charge is 0.469 e. The van der Waals surface area contributed by atoms with Crippen LogP contribution in [-0.2, 0) is 9.53 Å². The first kappa shape index (κ1) is 18.4. The maximum Gasteiger partial charge on any atom is 0.305 e. The molecule has 2 heteroatoms. The highest BCUT2D eigenvalue weighted by molar-refractivity contribution is 5.69. The van der Waals surface area contributed by atoms with Crippen LogP contribution in [0.2, 0.25) is 0 Å². The molecule has 0 unspecified atom stereocenters. The molecule has 0 heterocycles. The number of carbonyl (C=O) groups is 1. The number of methoxy groups -OCH3 is 1. The fraction of sp³-hybridized carbons (Fsp3) is 0.500. The minimum Gasteiger partial charge on any atom is -0.469 e. The van der Waals surface area contributed by atoms with Crippen molar-refractivity contribution in [2.24, 2.45) is 0 Å². The first-order valence-corrected chi connectivity index (χ1v) is 7.53. The van der Waals surface area contributed by atoms with E-state index in [-0.39, 0.29) is 5.97 Å². The first-order valence-electron chi connectivity index (χ1n) is 7.53. The third-order valence-corrected chi connectivity index (χ3v) is 2.79. The lowest BCUT2D eigenvalue weighted by Gasteiger charge is -1.92. The Morgan fingerprint density at radius 1 is 0.850 bits per heavy atom. The van der Waals surface area contributed by atoms with Crippen LogP contribution >= 0.6 is 0 Å². The van der Waals surface area contributed by atoms with Gasteiger partial charge in [0.1, 0.15) is 0 Å². The number of carbonyl (C=O) groups excluding carboxylic acids is 1. The van der Waals surface area contributed by atoms with E-state index in [1.807, 2.05) is 36.5 Å². The van der Waals surface area contributed by atoms with Crippen molar-refractivity contribution < 1.29 is 9.53 Å². The summed E-state index contributed by atoms with van der Waals surface area (Å²) in [6.07, 6.45) is 23.8. The molecule has 0 aromatic rings. The summed E-state index contributed by atoms with van der Waals surface area (Å²) in [6, 6.07) is 0. The molecule has 0 saturated heterocycles. The number of rotatable bonds is 11. The summed E-state index contributed by atoms with van der Waals surface area (Å²) < 4.78 is 4.55. The summed E-state index contributed by atoms with van der Waals surface area (Å²) in [5.74, 6) is -0.164. The van der Waals surface area contributed by atoms with E-state index in [1.54, 1.807) is 0 Å². The molecule has 0 bridgehead atoms. The molecule has 0 radical (unpaired) electrons. The molecule has 2 nitrogen and oxygen atoms in total. The maximum absolute atomic E-state index is 10.8. The molecule has 0 spiro atoms. The van der Waals surface area contributed by atoms with Gasteiger partial charge in [-0.1, -0.05) is 74.8 Å². The predicted octanol–water partition coefficient (Wildman–Crippen LogP) is 5.13. The van der Waals surface area contributed by atoms with Crippen LogP contribution in [0.1, 0.15) is 51.9 Å². The Morgan fingerprint density at radius 3 is 2.05 bits per heavy atom. The molecular weight excluding hydrogens is 248 g/mol. The smallest absolute Gasteiger partial charge is 0.305 e. The first-order chi connectivity index (χ1) is 9.81. The van der Waals surface area contributed by atoms with Crippen molar-refractivity contribution in [3.8, 4) is 0 Å². The summed E-state index contributed by atoms with van der Waals surface area (Å²) in [6.45, 7) is 2.23. The molecule has 112 valence electrons. The van der Waals surface area contributed by atoms with Crippen LogP contribution in [0.25, 0.3) is 0 Å². The maximum atomic E-state index is 10.8. The van der Waals surface area contributed by atoms with Crippen LogP contribution < -0.4 is 0 Å². The van der Waals surface area contributed by atoms with E-state index in [2.05, 4.69) is 23.8 Å². The minimum absolute atomic E-state index is 0.164. The molecule has 0 N–H and O–H groups in total. The van der Waals surface area contributed by atoms with Gasteiger partial charge in [-0.25, -0.2) is 0 Å². The fourth-order valence-electron chi connectivity index (χ4n) is 1.60. The monoisotopic (exact) mass is 276 g/mol. The van der Waals surface area contributed by atoms with Crippen LogP contribution in [0.3, 0.4) is 0 Å². The van der Waals surface area contributed by atoms with Gasteiger partial charge in [0.25, 0.3) is 0 Å². The number of hydrogen-bond donors (Lipinski definition) is 0. The van der Waals surface area contributed by atoms with Crippen LogP contribution in [-0.4, -0.2) is 13.1 Å². The number of hydrogen-bond acceptors (Lipinski definition) is 2. The Bertz CT molecular complexity index is 335. The zero-order chi connectivity index (χ0) is 14.9. The van der Waals surface area contributed by atoms with Gasteiger partial charge in [0, 0.05) is 6.42 Å². The van der Waals surface area contributed by atoms with Gasteiger partial charge in [-0.2, -0.15) is 0 Å². The molecule has 0 aromatic heterocycles.